The summed E-state index contributed by atoms with van der Waals surface area (Å²) in [4.78, 5) is 11.5. The number of rotatable bonds is 4. The van der Waals surface area contributed by atoms with Crippen LogP contribution in [0.3, 0.4) is 0 Å². The third kappa shape index (κ3) is 3.97. The zero-order valence-corrected chi connectivity index (χ0v) is 16.5. The molecule has 3 nitrogen and oxygen atoms in total. The van der Waals surface area contributed by atoms with Gasteiger partial charge in [0.1, 0.15) is 5.75 Å². The number of hydrogen-bond donors (Lipinski definition) is 1. The number of hydrogen-bond acceptors (Lipinski definition) is 2. The Hall–Kier alpha value is -0.100. The van der Waals surface area contributed by atoms with Crippen molar-refractivity contribution in [3.05, 3.63) is 58.7 Å². The highest BCUT2D eigenvalue weighted by molar-refractivity contribution is 14.1. The maximum Gasteiger partial charge on any atom is 0.349 e. The molecule has 0 amide bonds. The first kappa shape index (κ1) is 16.3. The van der Waals surface area contributed by atoms with Crippen LogP contribution >= 0.6 is 67.8 Å². The van der Waals surface area contributed by atoms with Crippen molar-refractivity contribution in [2.24, 2.45) is 0 Å². The topological polar surface area (TPSA) is 46.5 Å². The first-order valence-corrected chi connectivity index (χ1v) is 8.81. The molecule has 0 unspecified atom stereocenters. The van der Waals surface area contributed by atoms with E-state index in [1.807, 2.05) is 18.2 Å². The van der Waals surface area contributed by atoms with Crippen molar-refractivity contribution in [3.8, 4) is 5.75 Å². The molecular formula is C14H9I3O3. The van der Waals surface area contributed by atoms with Gasteiger partial charge in [-0.2, -0.15) is 0 Å². The van der Waals surface area contributed by atoms with E-state index in [-0.39, 0.29) is 0 Å². The minimum atomic E-state index is -1.00. The quantitative estimate of drug-likeness (QED) is 0.514. The van der Waals surface area contributed by atoms with Crippen LogP contribution in [0.1, 0.15) is 11.7 Å². The van der Waals surface area contributed by atoms with Crippen molar-refractivity contribution in [1.29, 1.82) is 0 Å². The molecule has 0 saturated heterocycles. The van der Waals surface area contributed by atoms with Crippen molar-refractivity contribution in [1.82, 2.24) is 0 Å². The summed E-state index contributed by atoms with van der Waals surface area (Å²) in [7, 11) is 0. The average Bonchev–Trinajstić information content (AvgIpc) is 2.38. The van der Waals surface area contributed by atoms with E-state index in [1.54, 1.807) is 24.3 Å². The lowest BCUT2D eigenvalue weighted by atomic mass is 10.1. The smallest absolute Gasteiger partial charge is 0.349 e. The second-order valence-electron chi connectivity index (χ2n) is 3.95. The third-order valence-electron chi connectivity index (χ3n) is 2.53. The van der Waals surface area contributed by atoms with Crippen LogP contribution < -0.4 is 4.74 Å². The monoisotopic (exact) mass is 606 g/mol. The molecule has 0 bridgehead atoms. The third-order valence-corrected chi connectivity index (χ3v) is 4.75. The standard InChI is InChI=1S/C14H9I3O3/c15-9-6-10(16)13(11(17)7-9)20-12(14(18)19)8-4-2-1-3-5-8/h1-7,12H,(H,18,19)/t12-/m1/s1. The molecule has 0 heterocycles. The summed E-state index contributed by atoms with van der Waals surface area (Å²) >= 11 is 6.55. The maximum atomic E-state index is 11.5. The Morgan fingerprint density at radius 3 is 2.10 bits per heavy atom. The second kappa shape index (κ2) is 7.25. The molecule has 6 heteroatoms. The number of halogens is 3. The van der Waals surface area contributed by atoms with E-state index < -0.39 is 12.1 Å². The molecule has 0 radical (unpaired) electrons. The van der Waals surface area contributed by atoms with Crippen LogP contribution in [0.25, 0.3) is 0 Å². The van der Waals surface area contributed by atoms with Gasteiger partial charge in [-0.1, -0.05) is 30.3 Å². The van der Waals surface area contributed by atoms with Crippen molar-refractivity contribution in [2.45, 2.75) is 6.10 Å². The van der Waals surface area contributed by atoms with Gasteiger partial charge in [0.15, 0.2) is 0 Å². The van der Waals surface area contributed by atoms with Gasteiger partial charge in [-0.15, -0.1) is 0 Å². The van der Waals surface area contributed by atoms with Crippen LogP contribution in [-0.4, -0.2) is 11.1 Å². The summed E-state index contributed by atoms with van der Waals surface area (Å²) in [6.07, 6.45) is -1.00. The molecule has 0 aliphatic rings. The SMILES string of the molecule is O=C(O)[C@H](Oc1c(I)cc(I)cc1I)c1ccccc1. The van der Waals surface area contributed by atoms with E-state index >= 15 is 0 Å². The van der Waals surface area contributed by atoms with Crippen LogP contribution in [0.2, 0.25) is 0 Å². The lowest BCUT2D eigenvalue weighted by molar-refractivity contribution is -0.145. The van der Waals surface area contributed by atoms with Crippen LogP contribution in [-0.2, 0) is 4.79 Å². The van der Waals surface area contributed by atoms with E-state index in [4.69, 9.17) is 4.74 Å². The Labute approximate surface area is 157 Å². The predicted octanol–water partition coefficient (Wildman–Crippen LogP) is 4.71. The molecule has 2 rings (SSSR count). The molecule has 0 aromatic heterocycles. The van der Waals surface area contributed by atoms with E-state index in [1.165, 1.54) is 0 Å². The first-order valence-electron chi connectivity index (χ1n) is 5.58. The Bertz CT molecular complexity index is 606. The van der Waals surface area contributed by atoms with Gasteiger partial charge >= 0.3 is 5.97 Å². The van der Waals surface area contributed by atoms with Gasteiger partial charge in [-0.25, -0.2) is 4.79 Å². The zero-order valence-electron chi connectivity index (χ0n) is 10.0. The van der Waals surface area contributed by atoms with Crippen LogP contribution in [0.4, 0.5) is 0 Å². The minimum absolute atomic E-state index is 0.614. The van der Waals surface area contributed by atoms with E-state index in [2.05, 4.69) is 67.8 Å². The van der Waals surface area contributed by atoms with Gasteiger partial charge in [-0.05, 0) is 79.9 Å². The van der Waals surface area contributed by atoms with E-state index in [0.717, 1.165) is 10.7 Å². The normalized spacial score (nSPS) is 11.9. The fourth-order valence-electron chi connectivity index (χ4n) is 1.65. The molecule has 104 valence electrons. The first-order chi connectivity index (χ1) is 9.49. The van der Waals surface area contributed by atoms with Crippen molar-refractivity contribution in [3.63, 3.8) is 0 Å². The summed E-state index contributed by atoms with van der Waals surface area (Å²) < 4.78 is 8.66. The molecule has 0 saturated carbocycles. The molecule has 0 aliphatic carbocycles. The minimum Gasteiger partial charge on any atom is -0.478 e. The van der Waals surface area contributed by atoms with Crippen LogP contribution in [0.5, 0.6) is 5.75 Å². The van der Waals surface area contributed by atoms with Crippen molar-refractivity contribution >= 4 is 73.7 Å². The Morgan fingerprint density at radius 2 is 1.60 bits per heavy atom. The Kier molecular flexibility index (Phi) is 5.90. The second-order valence-corrected chi connectivity index (χ2v) is 7.52. The average molecular weight is 606 g/mol. The highest BCUT2D eigenvalue weighted by Gasteiger charge is 2.23. The summed E-state index contributed by atoms with van der Waals surface area (Å²) in [5.41, 5.74) is 0.630. The molecule has 1 atom stereocenters. The number of benzene rings is 2. The molecule has 0 fully saturated rings. The van der Waals surface area contributed by atoms with Crippen molar-refractivity contribution in [2.75, 3.05) is 0 Å². The summed E-state index contributed by atoms with van der Waals surface area (Å²) in [6.45, 7) is 0. The van der Waals surface area contributed by atoms with Crippen LogP contribution in [0.15, 0.2) is 42.5 Å². The Balaban J connectivity index is 2.38. The number of carbonyl (C=O) groups is 1. The van der Waals surface area contributed by atoms with Crippen LogP contribution in [0, 0.1) is 10.7 Å². The summed E-state index contributed by atoms with van der Waals surface area (Å²) in [5, 5.41) is 9.39. The maximum absolute atomic E-state index is 11.5. The molecule has 0 aliphatic heterocycles. The van der Waals surface area contributed by atoms with Gasteiger partial charge in [0.25, 0.3) is 0 Å². The molecule has 2 aromatic carbocycles. The van der Waals surface area contributed by atoms with Gasteiger partial charge in [0.05, 0.1) is 7.14 Å². The van der Waals surface area contributed by atoms with E-state index in [9.17, 15) is 9.90 Å². The van der Waals surface area contributed by atoms with Gasteiger partial charge in [0.2, 0.25) is 6.10 Å². The number of aliphatic carboxylic acids is 1. The highest BCUT2D eigenvalue weighted by atomic mass is 127. The molecule has 0 spiro atoms. The molecular weight excluding hydrogens is 597 g/mol. The lowest BCUT2D eigenvalue weighted by Gasteiger charge is -2.18. The fraction of sp³-hybridized carbons (Fsp3) is 0.0714. The lowest BCUT2D eigenvalue weighted by Crippen LogP contribution is -2.19. The number of ether oxygens (including phenoxy) is 1. The molecule has 20 heavy (non-hydrogen) atoms. The Morgan fingerprint density at radius 1 is 1.05 bits per heavy atom. The zero-order chi connectivity index (χ0) is 14.7. The highest BCUT2D eigenvalue weighted by Crippen LogP contribution is 2.33. The van der Waals surface area contributed by atoms with Crippen molar-refractivity contribution < 1.29 is 14.6 Å². The summed E-state index contributed by atoms with van der Waals surface area (Å²) in [5.74, 6) is -0.385. The number of carboxylic acids is 1. The van der Waals surface area contributed by atoms with E-state index in [0.29, 0.717) is 11.3 Å². The predicted molar refractivity (Wildman–Crippen MR) is 102 cm³/mol. The summed E-state index contributed by atoms with van der Waals surface area (Å²) in [6, 6.07) is 12.9. The molecule has 1 N–H and O–H groups in total. The molecule has 2 aromatic rings. The fourth-order valence-corrected chi connectivity index (χ4v) is 5.49. The van der Waals surface area contributed by atoms with Gasteiger partial charge < -0.3 is 9.84 Å². The number of carboxylic acid groups (broad SMARTS) is 1. The largest absolute Gasteiger partial charge is 0.478 e. The van der Waals surface area contributed by atoms with Gasteiger partial charge in [-0.3, -0.25) is 0 Å². The van der Waals surface area contributed by atoms with Gasteiger partial charge in [0, 0.05) is 9.13 Å².